The van der Waals surface area contributed by atoms with Crippen molar-refractivity contribution in [2.75, 3.05) is 0 Å². The van der Waals surface area contributed by atoms with Crippen LogP contribution in [-0.4, -0.2) is 65.4 Å². The molecule has 40 heavy (non-hydrogen) atoms. The molecule has 1 aromatic rings. The average Bonchev–Trinajstić information content (AvgIpc) is 3.24. The summed E-state index contributed by atoms with van der Waals surface area (Å²) in [6, 6.07) is 6.55. The zero-order valence-electron chi connectivity index (χ0n) is 18.4. The van der Waals surface area contributed by atoms with Gasteiger partial charge in [-0.2, -0.15) is 79.0 Å². The van der Waals surface area contributed by atoms with Crippen molar-refractivity contribution in [3.05, 3.63) is 35.9 Å². The third-order valence-electron chi connectivity index (χ3n) is 5.57. The van der Waals surface area contributed by atoms with Crippen molar-refractivity contribution in [2.45, 2.75) is 72.5 Å². The van der Waals surface area contributed by atoms with Crippen molar-refractivity contribution < 1.29 is 88.3 Å². The molecule has 0 N–H and O–H groups in total. The van der Waals surface area contributed by atoms with E-state index < -0.39 is 72.5 Å². The molecule has 2 nitrogen and oxygen atoms in total. The Hall–Kier alpha value is -2.64. The fraction of sp³-hybridized carbons (Fsp3) is 0.632. The van der Waals surface area contributed by atoms with Crippen LogP contribution in [0.2, 0.25) is 0 Å². The van der Waals surface area contributed by atoms with E-state index in [4.69, 9.17) is 0 Å². The SMILES string of the molecule is FC(F)(F)C(F)(C(F)(F)F)C(F)(F)C(F)(F)C(F)(F)C(F)(F)C(F)(F)C(F)(F)CC1CC(c2ccccc2)=NO1. The van der Waals surface area contributed by atoms with Crippen LogP contribution in [0.5, 0.6) is 0 Å². The molecule has 0 radical (unpaired) electrons. The minimum atomic E-state index is -9.03. The first kappa shape index (κ1) is 33.6. The number of nitrogens with zero attached hydrogens (tertiary/aromatic N) is 1. The van der Waals surface area contributed by atoms with Crippen molar-refractivity contribution in [3.63, 3.8) is 0 Å². The van der Waals surface area contributed by atoms with E-state index in [1.807, 2.05) is 0 Å². The highest BCUT2D eigenvalue weighted by atomic mass is 19.4. The van der Waals surface area contributed by atoms with E-state index >= 15 is 0 Å². The number of rotatable bonds is 9. The van der Waals surface area contributed by atoms with E-state index in [-0.39, 0.29) is 11.3 Å². The zero-order valence-corrected chi connectivity index (χ0v) is 18.4. The van der Waals surface area contributed by atoms with Gasteiger partial charge in [-0.25, -0.2) is 4.39 Å². The first-order valence-corrected chi connectivity index (χ1v) is 9.92. The summed E-state index contributed by atoms with van der Waals surface area (Å²) < 4.78 is 255. The summed E-state index contributed by atoms with van der Waals surface area (Å²) in [7, 11) is 0. The minimum Gasteiger partial charge on any atom is -0.392 e. The highest BCUT2D eigenvalue weighted by Gasteiger charge is 2.98. The van der Waals surface area contributed by atoms with E-state index in [9.17, 15) is 83.4 Å². The molecule has 1 aliphatic rings. The summed E-state index contributed by atoms with van der Waals surface area (Å²) in [5, 5.41) is 3.14. The van der Waals surface area contributed by atoms with Crippen molar-refractivity contribution in [3.8, 4) is 0 Å². The third kappa shape index (κ3) is 4.59. The molecule has 1 atom stereocenters. The number of benzene rings is 1. The summed E-state index contributed by atoms with van der Waals surface area (Å²) in [4.78, 5) is 4.26. The maximum Gasteiger partial charge on any atom is 0.438 e. The number of oxime groups is 1. The molecule has 0 aromatic heterocycles. The summed E-state index contributed by atoms with van der Waals surface area (Å²) >= 11 is 0. The quantitative estimate of drug-likeness (QED) is 0.253. The van der Waals surface area contributed by atoms with Crippen LogP contribution in [0, 0.1) is 0 Å². The Morgan fingerprint density at radius 1 is 0.575 bits per heavy atom. The van der Waals surface area contributed by atoms with Gasteiger partial charge in [-0.3, -0.25) is 0 Å². The standard InChI is InChI=1S/C19H10F19NO/c20-11(21,7-9-6-10(39-40-9)8-4-2-1-3-5-8)13(23,24)15(27,28)17(31,32)16(29,30)14(25,26)12(22,18(33,34)35)19(36,37)38/h1-5,9H,6-7H2. The molecular weight excluding hydrogens is 619 g/mol. The maximum absolute atomic E-state index is 14.1. The van der Waals surface area contributed by atoms with Crippen molar-refractivity contribution in [1.82, 2.24) is 0 Å². The lowest BCUT2D eigenvalue weighted by atomic mass is 9.83. The Morgan fingerprint density at radius 2 is 0.975 bits per heavy atom. The van der Waals surface area contributed by atoms with Gasteiger partial charge in [-0.05, 0) is 5.56 Å². The van der Waals surface area contributed by atoms with Gasteiger partial charge in [0.25, 0.3) is 0 Å². The van der Waals surface area contributed by atoms with Gasteiger partial charge >= 0.3 is 53.6 Å². The number of halogens is 19. The Balaban J connectivity index is 2.48. The zero-order chi connectivity index (χ0) is 31.6. The molecule has 0 saturated carbocycles. The summed E-state index contributed by atoms with van der Waals surface area (Å²) in [5.41, 5.74) is -8.99. The lowest BCUT2D eigenvalue weighted by molar-refractivity contribution is -0.472. The van der Waals surface area contributed by atoms with Crippen LogP contribution in [0.3, 0.4) is 0 Å². The van der Waals surface area contributed by atoms with Crippen LogP contribution in [0.4, 0.5) is 83.4 Å². The molecule has 1 aliphatic heterocycles. The topological polar surface area (TPSA) is 21.6 Å². The molecule has 0 amide bonds. The van der Waals surface area contributed by atoms with Crippen LogP contribution in [0.15, 0.2) is 35.5 Å². The smallest absolute Gasteiger partial charge is 0.392 e. The summed E-state index contributed by atoms with van der Waals surface area (Å²) in [6.07, 6.45) is -22.7. The second-order valence-corrected chi connectivity index (χ2v) is 8.27. The van der Waals surface area contributed by atoms with Gasteiger partial charge in [0.2, 0.25) is 0 Å². The molecule has 0 spiro atoms. The van der Waals surface area contributed by atoms with Crippen LogP contribution in [0.25, 0.3) is 0 Å². The Morgan fingerprint density at radius 3 is 1.40 bits per heavy atom. The Labute approximate surface area is 208 Å². The first-order chi connectivity index (χ1) is 17.5. The van der Waals surface area contributed by atoms with Crippen LogP contribution >= 0.6 is 0 Å². The predicted octanol–water partition coefficient (Wildman–Crippen LogP) is 8.21. The fourth-order valence-corrected chi connectivity index (χ4v) is 3.31. The molecule has 0 aliphatic carbocycles. The molecule has 0 saturated heterocycles. The van der Waals surface area contributed by atoms with Gasteiger partial charge in [0.1, 0.15) is 6.10 Å². The van der Waals surface area contributed by atoms with Gasteiger partial charge in [0.15, 0.2) is 0 Å². The largest absolute Gasteiger partial charge is 0.438 e. The van der Waals surface area contributed by atoms with Crippen molar-refractivity contribution >= 4 is 5.71 Å². The number of hydrogen-bond acceptors (Lipinski definition) is 2. The second kappa shape index (κ2) is 9.45. The van der Waals surface area contributed by atoms with Gasteiger partial charge < -0.3 is 4.84 Å². The predicted molar refractivity (Wildman–Crippen MR) is 92.7 cm³/mol. The molecule has 2 rings (SSSR count). The monoisotopic (exact) mass is 629 g/mol. The molecule has 1 heterocycles. The van der Waals surface area contributed by atoms with Crippen molar-refractivity contribution in [2.24, 2.45) is 5.16 Å². The van der Waals surface area contributed by atoms with E-state index in [1.54, 1.807) is 0 Å². The summed E-state index contributed by atoms with van der Waals surface area (Å²) in [5.74, 6) is -50.0. The minimum absolute atomic E-state index is 0.0721. The molecule has 21 heteroatoms. The van der Waals surface area contributed by atoms with Gasteiger partial charge in [0, 0.05) is 6.42 Å². The van der Waals surface area contributed by atoms with Gasteiger partial charge in [-0.1, -0.05) is 35.5 Å². The second-order valence-electron chi connectivity index (χ2n) is 8.27. The van der Waals surface area contributed by atoms with Crippen LogP contribution in [-0.2, 0) is 4.84 Å². The van der Waals surface area contributed by atoms with Crippen molar-refractivity contribution in [1.29, 1.82) is 0 Å². The molecule has 1 unspecified atom stereocenters. The van der Waals surface area contributed by atoms with E-state index in [2.05, 4.69) is 9.99 Å². The Kier molecular flexibility index (Phi) is 7.93. The number of alkyl halides is 19. The highest BCUT2D eigenvalue weighted by molar-refractivity contribution is 6.01. The van der Waals surface area contributed by atoms with E-state index in [0.29, 0.717) is 0 Å². The summed E-state index contributed by atoms with van der Waals surface area (Å²) in [6.45, 7) is 0. The first-order valence-electron chi connectivity index (χ1n) is 9.92. The molecule has 0 fully saturated rings. The lowest BCUT2D eigenvalue weighted by Crippen LogP contribution is -2.77. The van der Waals surface area contributed by atoms with E-state index in [1.165, 1.54) is 30.3 Å². The molecular formula is C19H10F19NO. The van der Waals surface area contributed by atoms with Gasteiger partial charge in [-0.15, -0.1) is 0 Å². The lowest BCUT2D eigenvalue weighted by Gasteiger charge is -2.45. The molecule has 1 aromatic carbocycles. The normalized spacial score (nSPS) is 19.0. The van der Waals surface area contributed by atoms with Crippen LogP contribution in [0.1, 0.15) is 18.4 Å². The third-order valence-corrected chi connectivity index (χ3v) is 5.57. The maximum atomic E-state index is 14.1. The highest BCUT2D eigenvalue weighted by Crippen LogP contribution is 2.66. The van der Waals surface area contributed by atoms with Crippen LogP contribution < -0.4 is 0 Å². The number of hydrogen-bond donors (Lipinski definition) is 0. The molecule has 0 bridgehead atoms. The molecule has 230 valence electrons. The Bertz CT molecular complexity index is 1070. The fourth-order valence-electron chi connectivity index (χ4n) is 3.31. The van der Waals surface area contributed by atoms with Gasteiger partial charge in [0.05, 0.1) is 12.1 Å². The van der Waals surface area contributed by atoms with E-state index in [0.717, 1.165) is 0 Å². The average molecular weight is 629 g/mol.